The summed E-state index contributed by atoms with van der Waals surface area (Å²) in [5.41, 5.74) is 9.18. The molecular weight excluding hydrogens is 418 g/mol. The van der Waals surface area contributed by atoms with Crippen molar-refractivity contribution in [3.63, 3.8) is 0 Å². The Kier molecular flexibility index (Phi) is 9.27. The molecule has 0 radical (unpaired) electrons. The van der Waals surface area contributed by atoms with Crippen molar-refractivity contribution in [1.82, 2.24) is 10.2 Å². The van der Waals surface area contributed by atoms with E-state index in [2.05, 4.69) is 5.32 Å². The highest BCUT2D eigenvalue weighted by Crippen LogP contribution is 2.22. The summed E-state index contributed by atoms with van der Waals surface area (Å²) in [6.07, 6.45) is 2.94. The first-order valence-corrected chi connectivity index (χ1v) is 11.8. The number of aliphatic hydroxyl groups is 1. The zero-order valence-corrected chi connectivity index (χ0v) is 19.4. The van der Waals surface area contributed by atoms with Crippen molar-refractivity contribution in [1.29, 1.82) is 0 Å². The number of nitrogens with one attached hydrogen (secondary N) is 1. The van der Waals surface area contributed by atoms with Gasteiger partial charge in [0, 0.05) is 26.2 Å². The molecular formula is C26H35N3O4. The molecule has 1 fully saturated rings. The Bertz CT molecular complexity index is 941. The van der Waals surface area contributed by atoms with Gasteiger partial charge in [-0.3, -0.25) is 9.59 Å². The van der Waals surface area contributed by atoms with Crippen molar-refractivity contribution in [2.24, 2.45) is 5.73 Å². The lowest BCUT2D eigenvalue weighted by atomic mass is 10.0. The number of carbonyl (C=O) groups excluding carboxylic acids is 2. The third kappa shape index (κ3) is 7.04. The van der Waals surface area contributed by atoms with Crippen molar-refractivity contribution < 1.29 is 19.4 Å². The van der Waals surface area contributed by atoms with E-state index in [1.807, 2.05) is 36.1 Å². The number of amides is 2. The van der Waals surface area contributed by atoms with Crippen molar-refractivity contribution in [2.75, 3.05) is 26.2 Å². The van der Waals surface area contributed by atoms with E-state index in [0.29, 0.717) is 43.7 Å². The van der Waals surface area contributed by atoms with Crippen molar-refractivity contribution >= 4 is 11.8 Å². The number of hydrogen-bond donors (Lipinski definition) is 3. The van der Waals surface area contributed by atoms with Gasteiger partial charge in [0.25, 0.3) is 5.91 Å². The molecule has 2 aromatic rings. The molecule has 0 unspecified atom stereocenters. The molecule has 0 spiro atoms. The van der Waals surface area contributed by atoms with Crippen LogP contribution in [-0.4, -0.2) is 54.2 Å². The van der Waals surface area contributed by atoms with Crippen LogP contribution in [0.15, 0.2) is 42.5 Å². The predicted octanol–water partition coefficient (Wildman–Crippen LogP) is 2.43. The highest BCUT2D eigenvalue weighted by molar-refractivity contribution is 5.97. The van der Waals surface area contributed by atoms with Crippen LogP contribution in [0.2, 0.25) is 0 Å². The number of hydrogen-bond acceptors (Lipinski definition) is 5. The Labute approximate surface area is 195 Å². The van der Waals surface area contributed by atoms with Crippen LogP contribution < -0.4 is 15.8 Å². The largest absolute Gasteiger partial charge is 0.493 e. The van der Waals surface area contributed by atoms with Crippen LogP contribution in [0.1, 0.15) is 53.2 Å². The highest BCUT2D eigenvalue weighted by Gasteiger charge is 2.20. The zero-order valence-electron chi connectivity index (χ0n) is 19.4. The van der Waals surface area contributed by atoms with Gasteiger partial charge in [-0.15, -0.1) is 0 Å². The first kappa shape index (κ1) is 24.7. The van der Waals surface area contributed by atoms with Crippen LogP contribution in [0.5, 0.6) is 5.75 Å². The van der Waals surface area contributed by atoms with Gasteiger partial charge in [-0.2, -0.15) is 0 Å². The van der Waals surface area contributed by atoms with E-state index in [0.717, 1.165) is 42.6 Å². The van der Waals surface area contributed by atoms with Crippen LogP contribution in [0.4, 0.5) is 0 Å². The summed E-state index contributed by atoms with van der Waals surface area (Å²) < 4.78 is 5.68. The van der Waals surface area contributed by atoms with Gasteiger partial charge in [0.2, 0.25) is 5.91 Å². The molecule has 0 aromatic heterocycles. The minimum absolute atomic E-state index is 0.103. The Morgan fingerprint density at radius 2 is 1.88 bits per heavy atom. The number of aryl methyl sites for hydroxylation is 1. The molecule has 4 N–H and O–H groups in total. The van der Waals surface area contributed by atoms with Crippen molar-refractivity contribution in [3.8, 4) is 5.75 Å². The Morgan fingerprint density at radius 3 is 2.58 bits per heavy atom. The topological polar surface area (TPSA) is 105 Å². The summed E-state index contributed by atoms with van der Waals surface area (Å²) >= 11 is 0. The third-order valence-electron chi connectivity index (χ3n) is 5.99. The molecule has 1 aliphatic heterocycles. The number of rotatable bonds is 11. The van der Waals surface area contributed by atoms with Gasteiger partial charge in [0.1, 0.15) is 5.75 Å². The third-order valence-corrected chi connectivity index (χ3v) is 5.99. The van der Waals surface area contributed by atoms with Crippen LogP contribution in [0.25, 0.3) is 0 Å². The average molecular weight is 454 g/mol. The Hall–Kier alpha value is -2.90. The van der Waals surface area contributed by atoms with E-state index >= 15 is 0 Å². The molecule has 1 atom stereocenters. The van der Waals surface area contributed by atoms with Crippen molar-refractivity contribution in [3.05, 3.63) is 64.7 Å². The summed E-state index contributed by atoms with van der Waals surface area (Å²) in [5, 5.41) is 13.2. The second-order valence-corrected chi connectivity index (χ2v) is 8.40. The van der Waals surface area contributed by atoms with Crippen LogP contribution in [0.3, 0.4) is 0 Å². The molecule has 7 heteroatoms. The van der Waals surface area contributed by atoms with Gasteiger partial charge in [0.15, 0.2) is 0 Å². The first-order valence-electron chi connectivity index (χ1n) is 11.8. The monoisotopic (exact) mass is 453 g/mol. The molecule has 0 aliphatic carbocycles. The zero-order chi connectivity index (χ0) is 23.6. The normalized spacial score (nSPS) is 14.2. The van der Waals surface area contributed by atoms with Gasteiger partial charge < -0.3 is 25.8 Å². The van der Waals surface area contributed by atoms with Crippen LogP contribution in [0, 0.1) is 0 Å². The van der Waals surface area contributed by atoms with E-state index in [9.17, 15) is 14.7 Å². The number of aliphatic hydroxyl groups excluding tert-OH is 1. The highest BCUT2D eigenvalue weighted by atomic mass is 16.5. The van der Waals surface area contributed by atoms with Crippen LogP contribution >= 0.6 is 0 Å². The number of ether oxygens (including phenoxy) is 1. The van der Waals surface area contributed by atoms with Crippen molar-refractivity contribution in [2.45, 2.75) is 51.7 Å². The summed E-state index contributed by atoms with van der Waals surface area (Å²) in [7, 11) is 0. The molecule has 1 saturated heterocycles. The number of nitrogens with two attached hydrogens (primary N) is 1. The quantitative estimate of drug-likeness (QED) is 0.485. The van der Waals surface area contributed by atoms with E-state index in [-0.39, 0.29) is 18.4 Å². The molecule has 1 aliphatic rings. The summed E-state index contributed by atoms with van der Waals surface area (Å²) in [4.78, 5) is 27.1. The maximum Gasteiger partial charge on any atom is 0.255 e. The lowest BCUT2D eigenvalue weighted by Crippen LogP contribution is -2.32. The van der Waals surface area contributed by atoms with Gasteiger partial charge in [-0.25, -0.2) is 0 Å². The molecule has 2 aromatic carbocycles. The van der Waals surface area contributed by atoms with Gasteiger partial charge in [0.05, 0.1) is 24.7 Å². The molecule has 0 saturated carbocycles. The number of benzene rings is 2. The molecule has 178 valence electrons. The standard InChI is InChI=1S/C26H35N3O4/c1-2-33-24-15-19(16-25(31)29-13-5-6-14-29)9-12-23(24)26(32)28-18-22(30)11-10-20-7-3-4-8-21(20)17-27/h3-4,7-9,12,15,22,30H,2,5-6,10-11,13-14,16-18,27H2,1H3,(H,28,32)/t22-/m0/s1. The minimum atomic E-state index is -0.673. The van der Waals surface area contributed by atoms with Gasteiger partial charge >= 0.3 is 0 Å². The van der Waals surface area contributed by atoms with Gasteiger partial charge in [-0.1, -0.05) is 30.3 Å². The molecule has 2 amide bonds. The molecule has 0 bridgehead atoms. The summed E-state index contributed by atoms with van der Waals surface area (Å²) in [5.74, 6) is 0.247. The smallest absolute Gasteiger partial charge is 0.255 e. The average Bonchev–Trinajstić information content (AvgIpc) is 3.37. The maximum absolute atomic E-state index is 12.8. The lowest BCUT2D eigenvalue weighted by molar-refractivity contribution is -0.129. The fourth-order valence-corrected chi connectivity index (χ4v) is 4.12. The number of nitrogens with zero attached hydrogens (tertiary/aromatic N) is 1. The predicted molar refractivity (Wildman–Crippen MR) is 128 cm³/mol. The maximum atomic E-state index is 12.8. The number of carbonyl (C=O) groups is 2. The first-order chi connectivity index (χ1) is 16.0. The fraction of sp³-hybridized carbons (Fsp3) is 0.462. The SMILES string of the molecule is CCOc1cc(CC(=O)N2CCCC2)ccc1C(=O)NC[C@@H](O)CCc1ccccc1CN. The lowest BCUT2D eigenvalue weighted by Gasteiger charge is -2.17. The van der Waals surface area contributed by atoms with Gasteiger partial charge in [-0.05, 0) is 61.4 Å². The summed E-state index contributed by atoms with van der Waals surface area (Å²) in [6, 6.07) is 13.2. The second-order valence-electron chi connectivity index (χ2n) is 8.40. The van der Waals surface area contributed by atoms with Crippen LogP contribution in [-0.2, 0) is 24.2 Å². The van der Waals surface area contributed by atoms with E-state index in [1.165, 1.54) is 0 Å². The molecule has 7 nitrogen and oxygen atoms in total. The van der Waals surface area contributed by atoms with E-state index in [4.69, 9.17) is 10.5 Å². The molecule has 33 heavy (non-hydrogen) atoms. The van der Waals surface area contributed by atoms with E-state index in [1.54, 1.807) is 18.2 Å². The number of likely N-dealkylation sites (tertiary alicyclic amines) is 1. The summed E-state index contributed by atoms with van der Waals surface area (Å²) in [6.45, 7) is 4.50. The fourth-order valence-electron chi connectivity index (χ4n) is 4.12. The minimum Gasteiger partial charge on any atom is -0.493 e. The Balaban J connectivity index is 1.56. The molecule has 3 rings (SSSR count). The molecule has 1 heterocycles. The van der Waals surface area contributed by atoms with E-state index < -0.39 is 6.10 Å². The Morgan fingerprint density at radius 1 is 1.15 bits per heavy atom. The second kappa shape index (κ2) is 12.4.